The molecule has 6 nitrogen and oxygen atoms in total. The largest absolute Gasteiger partial charge is 0.506 e. The molecule has 7 heteroatoms. The Morgan fingerprint density at radius 3 is 2.57 bits per heavy atom. The fourth-order valence-corrected chi connectivity index (χ4v) is 4.38. The number of rotatable bonds is 4. The molecule has 0 bridgehead atoms. The SMILES string of the molecule is O=[N+]([O-])c1cc(Br)c(O)c([C@H](C2CCCC2)N2CCNCC2)c1. The van der Waals surface area contributed by atoms with Crippen molar-refractivity contribution in [3.63, 3.8) is 0 Å². The third-order valence-electron chi connectivity index (χ3n) is 5.00. The van der Waals surface area contributed by atoms with Gasteiger partial charge in [-0.15, -0.1) is 0 Å². The van der Waals surface area contributed by atoms with Crippen LogP contribution < -0.4 is 5.32 Å². The van der Waals surface area contributed by atoms with Crippen LogP contribution in [0.4, 0.5) is 5.69 Å². The number of non-ortho nitro benzene ring substituents is 1. The maximum Gasteiger partial charge on any atom is 0.271 e. The summed E-state index contributed by atoms with van der Waals surface area (Å²) in [7, 11) is 0. The van der Waals surface area contributed by atoms with Crippen molar-refractivity contribution >= 4 is 21.6 Å². The number of nitrogens with one attached hydrogen (secondary N) is 1. The predicted molar refractivity (Wildman–Crippen MR) is 91.6 cm³/mol. The molecule has 0 amide bonds. The molecular weight excluding hydrogens is 362 g/mol. The number of phenolic OH excluding ortho intramolecular Hbond substituents is 1. The van der Waals surface area contributed by atoms with Gasteiger partial charge < -0.3 is 10.4 Å². The van der Waals surface area contributed by atoms with Gasteiger partial charge in [0.2, 0.25) is 0 Å². The maximum atomic E-state index is 11.2. The first-order chi connectivity index (χ1) is 11.1. The van der Waals surface area contributed by atoms with Crippen LogP contribution in [-0.4, -0.2) is 41.1 Å². The van der Waals surface area contributed by atoms with Crippen LogP contribution in [-0.2, 0) is 0 Å². The summed E-state index contributed by atoms with van der Waals surface area (Å²) in [5.41, 5.74) is 0.725. The first-order valence-electron chi connectivity index (χ1n) is 8.19. The van der Waals surface area contributed by atoms with Gasteiger partial charge in [-0.05, 0) is 34.7 Å². The van der Waals surface area contributed by atoms with E-state index in [4.69, 9.17) is 0 Å². The molecule has 2 N–H and O–H groups in total. The van der Waals surface area contributed by atoms with E-state index in [1.165, 1.54) is 18.9 Å². The number of benzene rings is 1. The molecule has 3 rings (SSSR count). The highest BCUT2D eigenvalue weighted by atomic mass is 79.9. The Hall–Kier alpha value is -1.18. The molecule has 2 fully saturated rings. The molecule has 1 saturated carbocycles. The van der Waals surface area contributed by atoms with Crippen LogP contribution in [0, 0.1) is 16.0 Å². The van der Waals surface area contributed by atoms with Gasteiger partial charge in [0.25, 0.3) is 5.69 Å². The molecule has 23 heavy (non-hydrogen) atoms. The van der Waals surface area contributed by atoms with Crippen molar-refractivity contribution in [2.45, 2.75) is 31.7 Å². The lowest BCUT2D eigenvalue weighted by molar-refractivity contribution is -0.385. The summed E-state index contributed by atoms with van der Waals surface area (Å²) in [5, 5.41) is 25.1. The molecule has 1 heterocycles. The molecule has 0 unspecified atom stereocenters. The average Bonchev–Trinajstić information content (AvgIpc) is 3.06. The fraction of sp³-hybridized carbons (Fsp3) is 0.625. The predicted octanol–water partition coefficient (Wildman–Crippen LogP) is 3.20. The number of nitro benzene ring substituents is 1. The van der Waals surface area contributed by atoms with Crippen molar-refractivity contribution in [1.82, 2.24) is 10.2 Å². The Labute approximate surface area is 144 Å². The molecule has 0 aromatic heterocycles. The van der Waals surface area contributed by atoms with E-state index in [1.54, 1.807) is 6.07 Å². The second kappa shape index (κ2) is 7.15. The fourth-order valence-electron chi connectivity index (χ4n) is 3.92. The minimum absolute atomic E-state index is 0.0304. The number of aromatic hydroxyl groups is 1. The Bertz CT molecular complexity index is 584. The van der Waals surface area contributed by atoms with E-state index in [1.807, 2.05) is 0 Å². The van der Waals surface area contributed by atoms with E-state index < -0.39 is 4.92 Å². The van der Waals surface area contributed by atoms with Crippen molar-refractivity contribution < 1.29 is 10.0 Å². The Kier molecular flexibility index (Phi) is 5.18. The van der Waals surface area contributed by atoms with Gasteiger partial charge in [0, 0.05) is 49.9 Å². The summed E-state index contributed by atoms with van der Waals surface area (Å²) in [6.07, 6.45) is 4.64. The van der Waals surface area contributed by atoms with Crippen molar-refractivity contribution in [2.75, 3.05) is 26.2 Å². The van der Waals surface area contributed by atoms with E-state index in [2.05, 4.69) is 26.1 Å². The number of halogens is 1. The number of nitro groups is 1. The van der Waals surface area contributed by atoms with Crippen molar-refractivity contribution in [2.24, 2.45) is 5.92 Å². The van der Waals surface area contributed by atoms with Gasteiger partial charge in [-0.1, -0.05) is 12.8 Å². The molecule has 1 saturated heterocycles. The second-order valence-corrected chi connectivity index (χ2v) is 7.25. The minimum Gasteiger partial charge on any atom is -0.506 e. The highest BCUT2D eigenvalue weighted by Gasteiger charge is 2.35. The maximum absolute atomic E-state index is 11.2. The van der Waals surface area contributed by atoms with Crippen LogP contribution in [0.5, 0.6) is 5.75 Å². The Morgan fingerprint density at radius 2 is 1.96 bits per heavy atom. The summed E-state index contributed by atoms with van der Waals surface area (Å²) in [6.45, 7) is 3.64. The van der Waals surface area contributed by atoms with Crippen LogP contribution in [0.3, 0.4) is 0 Å². The van der Waals surface area contributed by atoms with E-state index >= 15 is 0 Å². The van der Waals surface area contributed by atoms with Crippen LogP contribution in [0.15, 0.2) is 16.6 Å². The van der Waals surface area contributed by atoms with Gasteiger partial charge in [-0.3, -0.25) is 15.0 Å². The van der Waals surface area contributed by atoms with Gasteiger partial charge >= 0.3 is 0 Å². The number of piperazine rings is 1. The van der Waals surface area contributed by atoms with E-state index in [0.29, 0.717) is 16.0 Å². The van der Waals surface area contributed by atoms with Gasteiger partial charge in [-0.25, -0.2) is 0 Å². The molecule has 126 valence electrons. The second-order valence-electron chi connectivity index (χ2n) is 6.40. The standard InChI is InChI=1S/C16H22BrN3O3/c17-14-10-12(20(22)23)9-13(16(14)21)15(11-3-1-2-4-11)19-7-5-18-6-8-19/h9-11,15,18,21H,1-8H2/t15-/m0/s1. The van der Waals surface area contributed by atoms with Gasteiger partial charge in [0.05, 0.1) is 9.40 Å². The zero-order valence-electron chi connectivity index (χ0n) is 13.0. The Balaban J connectivity index is 2.02. The molecule has 0 radical (unpaired) electrons. The third kappa shape index (κ3) is 3.51. The summed E-state index contributed by atoms with van der Waals surface area (Å²) in [5.74, 6) is 0.596. The zero-order valence-corrected chi connectivity index (χ0v) is 14.6. The Morgan fingerprint density at radius 1 is 1.30 bits per heavy atom. The van der Waals surface area contributed by atoms with Crippen LogP contribution in [0.25, 0.3) is 0 Å². The van der Waals surface area contributed by atoms with Crippen molar-refractivity contribution in [3.05, 3.63) is 32.3 Å². The first-order valence-corrected chi connectivity index (χ1v) is 8.99. The molecule has 1 aliphatic heterocycles. The molecule has 0 spiro atoms. The number of hydrogen-bond acceptors (Lipinski definition) is 5. The number of nitrogens with zero attached hydrogens (tertiary/aromatic N) is 2. The highest BCUT2D eigenvalue weighted by Crippen LogP contribution is 2.45. The summed E-state index contributed by atoms with van der Waals surface area (Å²) >= 11 is 3.28. The van der Waals surface area contributed by atoms with Gasteiger partial charge in [-0.2, -0.15) is 0 Å². The van der Waals surface area contributed by atoms with Crippen LogP contribution >= 0.6 is 15.9 Å². The van der Waals surface area contributed by atoms with Crippen molar-refractivity contribution in [1.29, 1.82) is 0 Å². The lowest BCUT2D eigenvalue weighted by Crippen LogP contribution is -2.46. The molecule has 1 aromatic rings. The lowest BCUT2D eigenvalue weighted by atomic mass is 9.89. The van der Waals surface area contributed by atoms with Gasteiger partial charge in [0.15, 0.2) is 0 Å². The van der Waals surface area contributed by atoms with E-state index in [0.717, 1.165) is 39.0 Å². The smallest absolute Gasteiger partial charge is 0.271 e. The summed E-state index contributed by atoms with van der Waals surface area (Å²) in [6, 6.07) is 2.99. The summed E-state index contributed by atoms with van der Waals surface area (Å²) < 4.78 is 0.403. The minimum atomic E-state index is -0.392. The normalized spacial score (nSPS) is 21.4. The van der Waals surface area contributed by atoms with Crippen molar-refractivity contribution in [3.8, 4) is 5.75 Å². The van der Waals surface area contributed by atoms with E-state index in [-0.39, 0.29) is 17.5 Å². The molecule has 1 atom stereocenters. The number of hydrogen-bond donors (Lipinski definition) is 2. The lowest BCUT2D eigenvalue weighted by Gasteiger charge is -2.38. The van der Waals surface area contributed by atoms with Crippen LogP contribution in [0.2, 0.25) is 0 Å². The summed E-state index contributed by atoms with van der Waals surface area (Å²) in [4.78, 5) is 13.2. The van der Waals surface area contributed by atoms with E-state index in [9.17, 15) is 15.2 Å². The quantitative estimate of drug-likeness (QED) is 0.616. The average molecular weight is 384 g/mol. The monoisotopic (exact) mass is 383 g/mol. The topological polar surface area (TPSA) is 78.6 Å². The van der Waals surface area contributed by atoms with Gasteiger partial charge in [0.1, 0.15) is 5.75 Å². The zero-order chi connectivity index (χ0) is 16.4. The van der Waals surface area contributed by atoms with Crippen LogP contribution in [0.1, 0.15) is 37.3 Å². The highest BCUT2D eigenvalue weighted by molar-refractivity contribution is 9.10. The first kappa shape index (κ1) is 16.7. The molecule has 1 aliphatic carbocycles. The number of phenols is 1. The molecule has 1 aromatic carbocycles. The molecular formula is C16H22BrN3O3. The third-order valence-corrected chi connectivity index (χ3v) is 5.60. The molecule has 2 aliphatic rings.